The van der Waals surface area contributed by atoms with Crippen LogP contribution < -0.4 is 0 Å². The highest BCUT2D eigenvalue weighted by Crippen LogP contribution is 2.43. The van der Waals surface area contributed by atoms with Gasteiger partial charge in [0.1, 0.15) is 0 Å². The molecule has 0 heterocycles. The van der Waals surface area contributed by atoms with E-state index in [1.165, 1.54) is 57.8 Å². The van der Waals surface area contributed by atoms with Gasteiger partial charge in [0.15, 0.2) is 6.10 Å². The summed E-state index contributed by atoms with van der Waals surface area (Å²) in [7, 11) is -0.0610. The second-order valence-corrected chi connectivity index (χ2v) is 20.6. The molecule has 1 atom stereocenters. The summed E-state index contributed by atoms with van der Waals surface area (Å²) in [4.78, 5) is 14.8. The number of carboxylic acid groups (broad SMARTS) is 1. The topological polar surface area (TPSA) is 77.5 Å². The molecule has 0 spiro atoms. The minimum Gasteiger partial charge on any atom is -0.479 e. The Labute approximate surface area is 244 Å². The highest BCUT2D eigenvalue weighted by Gasteiger charge is 2.48. The first-order valence-corrected chi connectivity index (χ1v) is 19.8. The van der Waals surface area contributed by atoms with Crippen LogP contribution >= 0.6 is 0 Å². The number of unbranched alkanes of at least 4 members (excludes halogenated alkanes) is 9. The van der Waals surface area contributed by atoms with Crippen LogP contribution in [0.5, 0.6) is 0 Å². The molecule has 1 N–H and O–H groups in total. The van der Waals surface area contributed by atoms with E-state index >= 15 is 0 Å². The smallest absolute Gasteiger partial charge is 0.479 e. The van der Waals surface area contributed by atoms with Crippen LogP contribution in [0, 0.1) is 0 Å². The minimum atomic E-state index is -2.66. The van der Waals surface area contributed by atoms with Crippen LogP contribution in [0.15, 0.2) is 0 Å². The molecular formula is C30H65NO6Si2. The number of hydrogen-bond donors (Lipinski definition) is 1. The molecule has 234 valence electrons. The molecule has 0 aliphatic heterocycles. The van der Waals surface area contributed by atoms with Gasteiger partial charge in [-0.15, -0.1) is 0 Å². The largest absolute Gasteiger partial charge is 0.500 e. The molecular weight excluding hydrogens is 527 g/mol. The average Bonchev–Trinajstić information content (AvgIpc) is 2.89. The third-order valence-electron chi connectivity index (χ3n) is 8.47. The predicted molar refractivity (Wildman–Crippen MR) is 168 cm³/mol. The molecule has 0 aliphatic carbocycles. The van der Waals surface area contributed by atoms with E-state index in [4.69, 9.17) is 17.7 Å². The van der Waals surface area contributed by atoms with E-state index in [2.05, 4.69) is 53.4 Å². The normalized spacial score (nSPS) is 13.8. The zero-order valence-electron chi connectivity index (χ0n) is 27.4. The Balaban J connectivity index is 5.30. The lowest BCUT2D eigenvalue weighted by molar-refractivity contribution is -0.146. The summed E-state index contributed by atoms with van der Waals surface area (Å²) >= 11 is 0. The van der Waals surface area contributed by atoms with Crippen LogP contribution in [0.25, 0.3) is 0 Å². The zero-order chi connectivity index (χ0) is 29.9. The van der Waals surface area contributed by atoms with Crippen LogP contribution in [0.3, 0.4) is 0 Å². The molecule has 39 heavy (non-hydrogen) atoms. The van der Waals surface area contributed by atoms with Crippen molar-refractivity contribution in [1.29, 1.82) is 0 Å². The Morgan fingerprint density at radius 1 is 0.692 bits per heavy atom. The number of carbonyl (C=O) groups is 1. The molecule has 0 saturated heterocycles. The zero-order valence-corrected chi connectivity index (χ0v) is 29.4. The maximum absolute atomic E-state index is 12.5. The Morgan fingerprint density at radius 3 is 1.49 bits per heavy atom. The van der Waals surface area contributed by atoms with Gasteiger partial charge in [0.05, 0.1) is 0 Å². The lowest BCUT2D eigenvalue weighted by Crippen LogP contribution is -2.54. The van der Waals surface area contributed by atoms with E-state index in [9.17, 15) is 9.90 Å². The van der Waals surface area contributed by atoms with Gasteiger partial charge in [-0.05, 0) is 42.6 Å². The molecule has 0 aliphatic rings. The monoisotopic (exact) mass is 591 g/mol. The molecule has 0 fully saturated rings. The molecule has 0 saturated carbocycles. The van der Waals surface area contributed by atoms with E-state index in [1.807, 2.05) is 0 Å². The van der Waals surface area contributed by atoms with Gasteiger partial charge in [0, 0.05) is 33.9 Å². The third kappa shape index (κ3) is 13.9. The highest BCUT2D eigenvalue weighted by molar-refractivity contribution is 6.77. The van der Waals surface area contributed by atoms with Gasteiger partial charge in [0.25, 0.3) is 0 Å². The van der Waals surface area contributed by atoms with E-state index in [1.54, 1.807) is 21.3 Å². The quantitative estimate of drug-likeness (QED) is 0.0804. The van der Waals surface area contributed by atoms with Crippen molar-refractivity contribution in [3.63, 3.8) is 0 Å². The van der Waals surface area contributed by atoms with Gasteiger partial charge in [-0.25, -0.2) is 4.79 Å². The van der Waals surface area contributed by atoms with Crippen molar-refractivity contribution in [1.82, 2.24) is 4.90 Å². The molecule has 9 heteroatoms. The van der Waals surface area contributed by atoms with Crippen molar-refractivity contribution < 1.29 is 27.6 Å². The van der Waals surface area contributed by atoms with E-state index in [0.717, 1.165) is 25.9 Å². The summed E-state index contributed by atoms with van der Waals surface area (Å²) < 4.78 is 23.6. The summed E-state index contributed by atoms with van der Waals surface area (Å²) in [6, 6.07) is 0.701. The molecule has 0 bridgehead atoms. The van der Waals surface area contributed by atoms with Crippen molar-refractivity contribution >= 4 is 23.1 Å². The molecule has 7 nitrogen and oxygen atoms in total. The minimum absolute atomic E-state index is 0.339. The van der Waals surface area contributed by atoms with Gasteiger partial charge in [-0.3, -0.25) is 0 Å². The summed E-state index contributed by atoms with van der Waals surface area (Å²) in [5.41, 5.74) is 1.02. The van der Waals surface area contributed by atoms with E-state index in [0.29, 0.717) is 29.2 Å². The summed E-state index contributed by atoms with van der Waals surface area (Å²) in [5.74, 6) is -0.851. The Hall–Kier alpha value is -0.296. The van der Waals surface area contributed by atoms with Gasteiger partial charge < -0.3 is 27.7 Å². The van der Waals surface area contributed by atoms with Gasteiger partial charge in [0.2, 0.25) is 8.32 Å². The first kappa shape index (κ1) is 38.7. The van der Waals surface area contributed by atoms with Crippen molar-refractivity contribution in [3.05, 3.63) is 0 Å². The van der Waals surface area contributed by atoms with E-state index in [-0.39, 0.29) is 0 Å². The Morgan fingerprint density at radius 2 is 1.10 bits per heavy atom. The summed E-state index contributed by atoms with van der Waals surface area (Å²) in [5, 5.41) is 10.3. The van der Waals surface area contributed by atoms with Crippen molar-refractivity contribution in [2.24, 2.45) is 0 Å². The standard InChI is InChI=1S/C30H65NO6Si2/c1-11-12-13-14-15-16-17-18-19-20-22-31(23-21-24-38(34-8,35-9)36-10)25-29(30(32)33)37-39(26(2)3,27(4)5)28(6)7/h26-29H,11-25H2,1-10H3,(H,32,33). The first-order valence-electron chi connectivity index (χ1n) is 15.7. The van der Waals surface area contributed by atoms with Crippen LogP contribution in [0.1, 0.15) is 119 Å². The lowest BCUT2D eigenvalue weighted by Gasteiger charge is -2.44. The average molecular weight is 592 g/mol. The number of hydrogen-bond acceptors (Lipinski definition) is 6. The Bertz CT molecular complexity index is 586. The highest BCUT2D eigenvalue weighted by atomic mass is 28.4. The molecule has 0 rings (SSSR count). The number of aliphatic carboxylic acids is 1. The number of nitrogens with zero attached hydrogens (tertiary/aromatic N) is 1. The summed E-state index contributed by atoms with van der Waals surface area (Å²) in [6.45, 7) is 17.6. The predicted octanol–water partition coefficient (Wildman–Crippen LogP) is 8.12. The van der Waals surface area contributed by atoms with Crippen LogP contribution in [0.2, 0.25) is 22.7 Å². The Kier molecular flexibility index (Phi) is 21.3. The SMILES string of the molecule is CCCCCCCCCCCCN(CCC[Si](OC)(OC)OC)CC(O[Si](C(C)C)(C(C)C)C(C)C)C(=O)O. The van der Waals surface area contributed by atoms with Crippen LogP contribution in [-0.4, -0.2) is 80.2 Å². The van der Waals surface area contributed by atoms with Crippen LogP contribution in [-0.2, 0) is 22.5 Å². The van der Waals surface area contributed by atoms with Crippen molar-refractivity contribution in [2.75, 3.05) is 41.0 Å². The maximum Gasteiger partial charge on any atom is 0.500 e. The number of carboxylic acids is 1. The van der Waals surface area contributed by atoms with Crippen molar-refractivity contribution in [2.45, 2.75) is 148 Å². The van der Waals surface area contributed by atoms with Crippen molar-refractivity contribution in [3.8, 4) is 0 Å². The first-order chi connectivity index (χ1) is 18.5. The fourth-order valence-corrected chi connectivity index (χ4v) is 13.4. The molecule has 0 aromatic carbocycles. The maximum atomic E-state index is 12.5. The second-order valence-electron chi connectivity index (χ2n) is 12.1. The van der Waals surface area contributed by atoms with Gasteiger partial charge >= 0.3 is 14.8 Å². The molecule has 0 aromatic rings. The molecule has 0 aromatic heterocycles. The lowest BCUT2D eigenvalue weighted by atomic mass is 10.1. The van der Waals surface area contributed by atoms with Crippen LogP contribution in [0.4, 0.5) is 0 Å². The third-order valence-corrected chi connectivity index (χ3v) is 17.4. The second kappa shape index (κ2) is 21.4. The molecule has 0 amide bonds. The van der Waals surface area contributed by atoms with Gasteiger partial charge in [-0.2, -0.15) is 0 Å². The number of rotatable bonds is 26. The molecule has 1 unspecified atom stereocenters. The molecule has 0 radical (unpaired) electrons. The van der Waals surface area contributed by atoms with Gasteiger partial charge in [-0.1, -0.05) is 106 Å². The summed E-state index contributed by atoms with van der Waals surface area (Å²) in [6.07, 6.45) is 12.9. The van der Waals surface area contributed by atoms with E-state index < -0.39 is 29.2 Å². The fraction of sp³-hybridized carbons (Fsp3) is 0.967. The fourth-order valence-electron chi connectivity index (χ4n) is 6.25.